The van der Waals surface area contributed by atoms with Crippen LogP contribution in [-0.2, 0) is 0 Å². The second-order valence-corrected chi connectivity index (χ2v) is 3.29. The Labute approximate surface area is 77.8 Å². The van der Waals surface area contributed by atoms with Gasteiger partial charge in [-0.25, -0.2) is 4.79 Å². The van der Waals surface area contributed by atoms with Crippen LogP contribution >= 0.6 is 0 Å². The lowest BCUT2D eigenvalue weighted by atomic mass is 10.1. The van der Waals surface area contributed by atoms with Crippen molar-refractivity contribution >= 4 is 5.65 Å². The normalized spacial score (nSPS) is 11.4. The smallest absolute Gasteiger partial charge is 0.272 e. The van der Waals surface area contributed by atoms with Gasteiger partial charge in [-0.05, 0) is 5.92 Å². The van der Waals surface area contributed by atoms with E-state index in [1.54, 1.807) is 0 Å². The molecule has 0 aliphatic heterocycles. The molecule has 2 aromatic rings. The van der Waals surface area contributed by atoms with Crippen LogP contribution in [-0.4, -0.2) is 25.0 Å². The molecule has 0 bridgehead atoms. The Morgan fingerprint density at radius 2 is 2.07 bits per heavy atom. The zero-order chi connectivity index (χ0) is 10.3. The highest BCUT2D eigenvalue weighted by molar-refractivity contribution is 5.45. The summed E-state index contributed by atoms with van der Waals surface area (Å²) in [7, 11) is 0. The molecule has 2 N–H and O–H groups in total. The van der Waals surface area contributed by atoms with Crippen molar-refractivity contribution in [3.8, 4) is 0 Å². The summed E-state index contributed by atoms with van der Waals surface area (Å²) >= 11 is 0. The maximum absolute atomic E-state index is 11.4. The van der Waals surface area contributed by atoms with Crippen LogP contribution in [0.4, 0.5) is 0 Å². The fourth-order valence-electron chi connectivity index (χ4n) is 1.36. The standard InChI is InChI=1S/C7H9N5O2/c1-3(2)4-5-9-10-11-12(5)7(14)8-6(4)13/h3H,1-2H3,(H,9,11)(H,8,13,14). The van der Waals surface area contributed by atoms with Gasteiger partial charge in [-0.2, -0.15) is 9.73 Å². The highest BCUT2D eigenvalue weighted by Gasteiger charge is 2.14. The van der Waals surface area contributed by atoms with Crippen molar-refractivity contribution in [2.75, 3.05) is 0 Å². The van der Waals surface area contributed by atoms with Gasteiger partial charge in [-0.3, -0.25) is 9.78 Å². The van der Waals surface area contributed by atoms with E-state index in [1.165, 1.54) is 0 Å². The molecule has 0 unspecified atom stereocenters. The van der Waals surface area contributed by atoms with Crippen LogP contribution in [0.3, 0.4) is 0 Å². The van der Waals surface area contributed by atoms with E-state index in [2.05, 4.69) is 20.5 Å². The van der Waals surface area contributed by atoms with Gasteiger partial charge < -0.3 is 0 Å². The van der Waals surface area contributed by atoms with E-state index in [-0.39, 0.29) is 11.6 Å². The van der Waals surface area contributed by atoms with Crippen LogP contribution < -0.4 is 11.2 Å². The molecule has 14 heavy (non-hydrogen) atoms. The molecule has 0 amide bonds. The minimum Gasteiger partial charge on any atom is -0.272 e. The maximum Gasteiger partial charge on any atom is 0.350 e. The van der Waals surface area contributed by atoms with E-state index in [9.17, 15) is 9.59 Å². The van der Waals surface area contributed by atoms with Crippen molar-refractivity contribution in [1.29, 1.82) is 0 Å². The van der Waals surface area contributed by atoms with E-state index in [1.807, 2.05) is 13.8 Å². The number of H-pyrrole nitrogens is 2. The van der Waals surface area contributed by atoms with E-state index < -0.39 is 11.2 Å². The fourth-order valence-corrected chi connectivity index (χ4v) is 1.36. The molecule has 7 nitrogen and oxygen atoms in total. The minimum atomic E-state index is -0.556. The average molecular weight is 195 g/mol. The van der Waals surface area contributed by atoms with Gasteiger partial charge in [0.05, 0.1) is 5.56 Å². The molecule has 0 fully saturated rings. The minimum absolute atomic E-state index is 0.0144. The maximum atomic E-state index is 11.4. The first-order valence-electron chi connectivity index (χ1n) is 4.17. The van der Waals surface area contributed by atoms with Gasteiger partial charge in [0, 0.05) is 0 Å². The number of nitrogens with one attached hydrogen (secondary N) is 2. The van der Waals surface area contributed by atoms with E-state index >= 15 is 0 Å². The summed E-state index contributed by atoms with van der Waals surface area (Å²) in [5.74, 6) is -0.0144. The molecule has 0 radical (unpaired) electrons. The summed E-state index contributed by atoms with van der Waals surface area (Å²) in [5, 5.41) is 9.56. The summed E-state index contributed by atoms with van der Waals surface area (Å²) in [5.41, 5.74) is -0.217. The molecule has 7 heteroatoms. The number of rotatable bonds is 1. The summed E-state index contributed by atoms with van der Waals surface area (Å²) in [6, 6.07) is 0. The number of aromatic amines is 2. The Morgan fingerprint density at radius 1 is 1.36 bits per heavy atom. The van der Waals surface area contributed by atoms with Crippen LogP contribution in [0.2, 0.25) is 0 Å². The third kappa shape index (κ3) is 1.05. The Morgan fingerprint density at radius 3 is 2.71 bits per heavy atom. The van der Waals surface area contributed by atoms with Crippen LogP contribution in [0.25, 0.3) is 5.65 Å². The number of fused-ring (bicyclic) bond motifs is 1. The van der Waals surface area contributed by atoms with Gasteiger partial charge in [-0.1, -0.05) is 19.1 Å². The lowest BCUT2D eigenvalue weighted by Gasteiger charge is -2.02. The number of tetrazole rings is 1. The number of hydrogen-bond acceptors (Lipinski definition) is 4. The molecule has 0 aliphatic carbocycles. The molecule has 0 aromatic carbocycles. The van der Waals surface area contributed by atoms with Crippen LogP contribution in [0.1, 0.15) is 25.3 Å². The summed E-state index contributed by atoms with van der Waals surface area (Å²) in [6.45, 7) is 3.70. The first-order chi connectivity index (χ1) is 6.61. The van der Waals surface area contributed by atoms with E-state index in [0.717, 1.165) is 4.52 Å². The molecule has 74 valence electrons. The lowest BCUT2D eigenvalue weighted by molar-refractivity contribution is 0.759. The van der Waals surface area contributed by atoms with Gasteiger partial charge in [0.15, 0.2) is 5.65 Å². The van der Waals surface area contributed by atoms with E-state index in [0.29, 0.717) is 5.56 Å². The van der Waals surface area contributed by atoms with E-state index in [4.69, 9.17) is 0 Å². The highest BCUT2D eigenvalue weighted by atomic mass is 16.2. The molecular weight excluding hydrogens is 186 g/mol. The molecule has 0 aliphatic rings. The quantitative estimate of drug-likeness (QED) is 0.624. The predicted molar refractivity (Wildman–Crippen MR) is 48.3 cm³/mol. The first kappa shape index (κ1) is 8.67. The summed E-state index contributed by atoms with van der Waals surface area (Å²) in [4.78, 5) is 24.9. The van der Waals surface area contributed by atoms with Crippen molar-refractivity contribution < 1.29 is 0 Å². The van der Waals surface area contributed by atoms with Gasteiger partial charge in [-0.15, -0.1) is 5.10 Å². The monoisotopic (exact) mass is 195 g/mol. The highest BCUT2D eigenvalue weighted by Crippen LogP contribution is 2.11. The fraction of sp³-hybridized carbons (Fsp3) is 0.429. The van der Waals surface area contributed by atoms with Crippen molar-refractivity contribution in [3.63, 3.8) is 0 Å². The molecule has 2 heterocycles. The molecular formula is C7H9N5O2. The zero-order valence-electron chi connectivity index (χ0n) is 7.74. The van der Waals surface area contributed by atoms with Gasteiger partial charge in [0.1, 0.15) is 0 Å². The van der Waals surface area contributed by atoms with Gasteiger partial charge in [0.2, 0.25) is 0 Å². The van der Waals surface area contributed by atoms with Crippen molar-refractivity contribution in [1.82, 2.24) is 25.0 Å². The summed E-state index contributed by atoms with van der Waals surface area (Å²) < 4.78 is 1.11. The average Bonchev–Trinajstić information content (AvgIpc) is 2.51. The number of aromatic nitrogens is 5. The van der Waals surface area contributed by atoms with Gasteiger partial charge >= 0.3 is 5.69 Å². The third-order valence-corrected chi connectivity index (χ3v) is 1.99. The molecule has 2 aromatic heterocycles. The second-order valence-electron chi connectivity index (χ2n) is 3.29. The third-order valence-electron chi connectivity index (χ3n) is 1.99. The van der Waals surface area contributed by atoms with Crippen molar-refractivity contribution in [2.45, 2.75) is 19.8 Å². The topological polar surface area (TPSA) is 95.9 Å². The predicted octanol–water partition coefficient (Wildman–Crippen LogP) is -0.771. The Kier molecular flexibility index (Phi) is 1.73. The molecule has 0 spiro atoms. The zero-order valence-corrected chi connectivity index (χ0v) is 7.74. The number of nitrogens with zero attached hydrogens (tertiary/aromatic N) is 3. The Hall–Kier alpha value is -1.92. The van der Waals surface area contributed by atoms with Crippen LogP contribution in [0, 0.1) is 0 Å². The van der Waals surface area contributed by atoms with Crippen molar-refractivity contribution in [3.05, 3.63) is 26.4 Å². The number of hydrogen-bond donors (Lipinski definition) is 2. The van der Waals surface area contributed by atoms with Crippen molar-refractivity contribution in [2.24, 2.45) is 0 Å². The summed E-state index contributed by atoms with van der Waals surface area (Å²) in [6.07, 6.45) is 0. The second kappa shape index (κ2) is 2.79. The Balaban J connectivity index is 3.01. The first-order valence-corrected chi connectivity index (χ1v) is 4.17. The molecule has 0 saturated carbocycles. The van der Waals surface area contributed by atoms with Gasteiger partial charge in [0.25, 0.3) is 5.56 Å². The molecule has 0 saturated heterocycles. The Bertz CT molecular complexity index is 576. The van der Waals surface area contributed by atoms with Crippen LogP contribution in [0.15, 0.2) is 9.59 Å². The molecule has 0 atom stereocenters. The molecule has 2 rings (SSSR count). The largest absolute Gasteiger partial charge is 0.350 e. The lowest BCUT2D eigenvalue weighted by Crippen LogP contribution is -2.29. The SMILES string of the molecule is CC(C)c1c(=O)[nH]c(=O)n2[nH]nnc12. The van der Waals surface area contributed by atoms with Crippen LogP contribution in [0.5, 0.6) is 0 Å².